The minimum absolute atomic E-state index is 0.0288. The summed E-state index contributed by atoms with van der Waals surface area (Å²) in [6, 6.07) is 25.7. The van der Waals surface area contributed by atoms with Crippen LogP contribution >= 0.6 is 8.53 Å². The molecule has 270 valence electrons. The molecule has 1 fully saturated rings. The van der Waals surface area contributed by atoms with E-state index in [1.54, 1.807) is 38.5 Å². The molecule has 4 unspecified atom stereocenters. The number of nitriles is 1. The maximum Gasteiger partial charge on any atom is 0.306 e. The van der Waals surface area contributed by atoms with Crippen LogP contribution in [0.1, 0.15) is 70.6 Å². The first-order chi connectivity index (χ1) is 23.7. The predicted molar refractivity (Wildman–Crippen MR) is 191 cm³/mol. The second kappa shape index (κ2) is 16.2. The van der Waals surface area contributed by atoms with E-state index in [4.69, 9.17) is 24.0 Å². The van der Waals surface area contributed by atoms with Crippen LogP contribution in [0.15, 0.2) is 78.9 Å². The molecular formula is C38H50N3O8P. The number of rotatable bonds is 16. The van der Waals surface area contributed by atoms with Gasteiger partial charge >= 0.3 is 5.97 Å². The Hall–Kier alpha value is -3.59. The van der Waals surface area contributed by atoms with E-state index in [2.05, 4.69) is 6.07 Å². The van der Waals surface area contributed by atoms with Crippen LogP contribution < -0.4 is 15.0 Å². The third-order valence-corrected chi connectivity index (χ3v) is 10.9. The predicted octanol–water partition coefficient (Wildman–Crippen LogP) is 6.17. The molecule has 0 aromatic heterocycles. The molecule has 0 spiro atoms. The summed E-state index contributed by atoms with van der Waals surface area (Å²) >= 11 is 0. The van der Waals surface area contributed by atoms with E-state index in [1.165, 1.54) is 6.92 Å². The number of carbonyl (C=O) groups is 1. The van der Waals surface area contributed by atoms with Crippen LogP contribution in [0, 0.1) is 23.2 Å². The van der Waals surface area contributed by atoms with E-state index >= 15 is 0 Å². The second-order valence-corrected chi connectivity index (χ2v) is 14.3. The van der Waals surface area contributed by atoms with Crippen molar-refractivity contribution in [1.82, 2.24) is 4.90 Å². The summed E-state index contributed by atoms with van der Waals surface area (Å²) in [6.07, 6.45) is -0.838. The van der Waals surface area contributed by atoms with Crippen molar-refractivity contribution in [3.63, 3.8) is 0 Å². The van der Waals surface area contributed by atoms with Crippen molar-refractivity contribution in [2.45, 2.75) is 89.0 Å². The number of benzene rings is 3. The van der Waals surface area contributed by atoms with Gasteiger partial charge in [0.2, 0.25) is 5.79 Å². The largest absolute Gasteiger partial charge is 0.497 e. The number of aliphatic carboxylic acids is 1. The Bertz CT molecular complexity index is 1550. The van der Waals surface area contributed by atoms with E-state index in [1.807, 2.05) is 87.2 Å². The first-order valence-corrected chi connectivity index (χ1v) is 18.0. The summed E-state index contributed by atoms with van der Waals surface area (Å²) in [5.74, 6) is -4.88. The Kier molecular flexibility index (Phi) is 12.7. The Morgan fingerprint density at radius 1 is 0.920 bits per heavy atom. The first-order valence-electron chi connectivity index (χ1n) is 16.8. The monoisotopic (exact) mass is 707 g/mol. The zero-order valence-corrected chi connectivity index (χ0v) is 30.7. The highest BCUT2D eigenvalue weighted by molar-refractivity contribution is 7.44. The summed E-state index contributed by atoms with van der Waals surface area (Å²) in [7, 11) is 0.605. The van der Waals surface area contributed by atoms with Crippen molar-refractivity contribution >= 4 is 14.5 Å². The van der Waals surface area contributed by atoms with Crippen molar-refractivity contribution in [1.29, 1.82) is 5.26 Å². The summed E-state index contributed by atoms with van der Waals surface area (Å²) in [5, 5.41) is 46.8. The normalized spacial score (nSPS) is 22.7. The molecule has 0 saturated heterocycles. The zero-order chi connectivity index (χ0) is 36.9. The number of hydrogen-bond acceptors (Lipinski definition) is 10. The molecule has 1 saturated carbocycles. The average Bonchev–Trinajstić information content (AvgIpc) is 3.35. The Balaban J connectivity index is 2.03. The quantitative estimate of drug-likeness (QED) is 0.0764. The van der Waals surface area contributed by atoms with Gasteiger partial charge in [-0.25, -0.2) is 0 Å². The van der Waals surface area contributed by atoms with Gasteiger partial charge in [-0.3, -0.25) is 19.7 Å². The SMILES string of the molecule is COc1ccc(C(c2ccccc2)(c2ccc(OC)cc2)[C@@]2(O)CCC(C(C)C(=O)O)[C@]2(O)OP(N)OC(CC#N)N(C(C)C)C(C)C)cc1. The van der Waals surface area contributed by atoms with Crippen molar-refractivity contribution < 1.29 is 38.6 Å². The van der Waals surface area contributed by atoms with Gasteiger partial charge in [0.05, 0.1) is 38.0 Å². The summed E-state index contributed by atoms with van der Waals surface area (Å²) in [5.41, 5.74) is 4.59. The number of carboxylic acid groups (broad SMARTS) is 1. The minimum Gasteiger partial charge on any atom is -0.497 e. The lowest BCUT2D eigenvalue weighted by Crippen LogP contribution is -2.67. The van der Waals surface area contributed by atoms with Crippen LogP contribution in [0.2, 0.25) is 0 Å². The molecule has 3 aromatic carbocycles. The first kappa shape index (κ1) is 39.2. The van der Waals surface area contributed by atoms with Crippen molar-refractivity contribution in [2.24, 2.45) is 17.3 Å². The Labute approximate surface area is 296 Å². The van der Waals surface area contributed by atoms with Crippen molar-refractivity contribution in [2.75, 3.05) is 14.2 Å². The maximum absolute atomic E-state index is 13.6. The summed E-state index contributed by atoms with van der Waals surface area (Å²) in [6.45, 7) is 9.37. The van der Waals surface area contributed by atoms with E-state index < -0.39 is 49.4 Å². The molecule has 0 radical (unpaired) electrons. The molecule has 1 aliphatic carbocycles. The van der Waals surface area contributed by atoms with E-state index in [0.717, 1.165) is 0 Å². The van der Waals surface area contributed by atoms with Crippen LogP contribution in [-0.2, 0) is 19.3 Å². The van der Waals surface area contributed by atoms with Gasteiger partial charge in [0.1, 0.15) is 23.3 Å². The fourth-order valence-corrected chi connectivity index (χ4v) is 8.83. The zero-order valence-electron chi connectivity index (χ0n) is 29.8. The number of ether oxygens (including phenoxy) is 2. The van der Waals surface area contributed by atoms with Crippen LogP contribution in [0.4, 0.5) is 0 Å². The lowest BCUT2D eigenvalue weighted by Gasteiger charge is -2.54. The summed E-state index contributed by atoms with van der Waals surface area (Å²) < 4.78 is 23.6. The molecule has 11 nitrogen and oxygen atoms in total. The topological polar surface area (TPSA) is 168 Å². The minimum atomic E-state index is -2.58. The highest BCUT2D eigenvalue weighted by Gasteiger charge is 2.72. The van der Waals surface area contributed by atoms with Crippen LogP contribution in [0.5, 0.6) is 11.5 Å². The number of carboxylic acids is 1. The van der Waals surface area contributed by atoms with Crippen molar-refractivity contribution in [3.05, 3.63) is 95.6 Å². The van der Waals surface area contributed by atoms with Crippen molar-refractivity contribution in [3.8, 4) is 17.6 Å². The standard InChI is InChI=1S/C38H50N3O8P/c1-25(2)41(26(3)4)34(22-24-39)48-50(40)49-38(45)33(27(5)35(42)43)21-23-36(38,44)37(28-11-9-8-10-12-28,29-13-17-31(46-6)18-14-29)30-15-19-32(47-7)20-16-30/h8-20,25-27,33-34,44-45H,21-23,40H2,1-7H3,(H,42,43)/t27?,33?,34?,36-,38-,50?/m0/s1. The van der Waals surface area contributed by atoms with Gasteiger partial charge in [-0.15, -0.1) is 0 Å². The van der Waals surface area contributed by atoms with Crippen LogP contribution in [0.3, 0.4) is 0 Å². The average molecular weight is 708 g/mol. The van der Waals surface area contributed by atoms with Crippen LogP contribution in [-0.4, -0.2) is 70.1 Å². The number of aliphatic hydroxyl groups is 2. The number of methoxy groups -OCH3 is 2. The smallest absolute Gasteiger partial charge is 0.306 e. The van der Waals surface area contributed by atoms with Gasteiger partial charge < -0.3 is 29.3 Å². The molecule has 0 aliphatic heterocycles. The third-order valence-electron chi connectivity index (χ3n) is 10.0. The van der Waals surface area contributed by atoms with E-state index in [0.29, 0.717) is 28.2 Å². The van der Waals surface area contributed by atoms with Gasteiger partial charge in [0.15, 0.2) is 0 Å². The van der Waals surface area contributed by atoms with Gasteiger partial charge in [0.25, 0.3) is 8.53 Å². The lowest BCUT2D eigenvalue weighted by molar-refractivity contribution is -0.282. The fourth-order valence-electron chi connectivity index (χ4n) is 7.81. The number of nitrogens with zero attached hydrogens (tertiary/aromatic N) is 2. The molecule has 5 N–H and O–H groups in total. The van der Waals surface area contributed by atoms with Gasteiger partial charge in [-0.1, -0.05) is 61.5 Å². The maximum atomic E-state index is 13.6. The van der Waals surface area contributed by atoms with E-state index in [-0.39, 0.29) is 31.3 Å². The second-order valence-electron chi connectivity index (χ2n) is 13.3. The van der Waals surface area contributed by atoms with E-state index in [9.17, 15) is 25.4 Å². The molecule has 1 aliphatic rings. The third kappa shape index (κ3) is 7.12. The van der Waals surface area contributed by atoms with Gasteiger partial charge in [-0.2, -0.15) is 5.26 Å². The lowest BCUT2D eigenvalue weighted by atomic mass is 9.56. The highest BCUT2D eigenvalue weighted by atomic mass is 31.2. The number of hydrogen-bond donors (Lipinski definition) is 4. The molecule has 0 bridgehead atoms. The Morgan fingerprint density at radius 3 is 1.82 bits per heavy atom. The molecule has 12 heteroatoms. The fraction of sp³-hybridized carbons (Fsp3) is 0.474. The Morgan fingerprint density at radius 2 is 1.40 bits per heavy atom. The summed E-state index contributed by atoms with van der Waals surface area (Å²) in [4.78, 5) is 14.6. The van der Waals surface area contributed by atoms with Gasteiger partial charge in [0, 0.05) is 18.0 Å². The number of nitrogens with two attached hydrogens (primary N) is 1. The molecule has 3 aromatic rings. The van der Waals surface area contributed by atoms with Crippen LogP contribution in [0.25, 0.3) is 0 Å². The molecule has 0 amide bonds. The molecular weight excluding hydrogens is 657 g/mol. The molecule has 4 rings (SSSR count). The highest BCUT2D eigenvalue weighted by Crippen LogP contribution is 2.63. The molecule has 50 heavy (non-hydrogen) atoms. The van der Waals surface area contributed by atoms with Gasteiger partial charge in [-0.05, 0) is 81.5 Å². The molecule has 0 heterocycles. The molecule has 6 atom stereocenters.